The first-order valence-electron chi connectivity index (χ1n) is 9.74. The minimum Gasteiger partial charge on any atom is -0.377 e. The van der Waals surface area contributed by atoms with Gasteiger partial charge in [-0.1, -0.05) is 50.5 Å². The number of halogens is 4. The Morgan fingerprint density at radius 1 is 0.852 bits per heavy atom. The summed E-state index contributed by atoms with van der Waals surface area (Å²) < 4.78 is 56.4. The van der Waals surface area contributed by atoms with E-state index in [1.54, 1.807) is 0 Å². The third-order valence-electron chi connectivity index (χ3n) is 4.12. The average molecular weight is 386 g/mol. The number of alkyl halides is 2. The zero-order chi connectivity index (χ0) is 20.0. The molecule has 0 amide bonds. The van der Waals surface area contributed by atoms with Gasteiger partial charge in [0.2, 0.25) is 0 Å². The summed E-state index contributed by atoms with van der Waals surface area (Å²) in [6, 6.07) is 3.81. The van der Waals surface area contributed by atoms with Crippen LogP contribution >= 0.6 is 0 Å². The van der Waals surface area contributed by atoms with Crippen molar-refractivity contribution in [1.82, 2.24) is 0 Å². The fourth-order valence-corrected chi connectivity index (χ4v) is 2.60. The van der Waals surface area contributed by atoms with Crippen molar-refractivity contribution in [2.45, 2.75) is 83.7 Å². The maximum atomic E-state index is 13.0. The zero-order valence-electron chi connectivity index (χ0n) is 16.1. The van der Waals surface area contributed by atoms with Crippen molar-refractivity contribution < 1.29 is 22.3 Å². The second kappa shape index (κ2) is 13.6. The van der Waals surface area contributed by atoms with E-state index >= 15 is 0 Å². The molecule has 152 valence electrons. The highest BCUT2D eigenvalue weighted by Crippen LogP contribution is 2.15. The second-order valence-corrected chi connectivity index (χ2v) is 6.98. The van der Waals surface area contributed by atoms with Crippen LogP contribution in [0.2, 0.25) is 0 Å². The minimum absolute atomic E-state index is 0.302. The van der Waals surface area contributed by atoms with Crippen molar-refractivity contribution in [3.05, 3.63) is 35.4 Å². The van der Waals surface area contributed by atoms with Gasteiger partial charge >= 0.3 is 0 Å². The van der Waals surface area contributed by atoms with Gasteiger partial charge in [0.15, 0.2) is 11.6 Å². The highest BCUT2D eigenvalue weighted by molar-refractivity contribution is 5.16. The second-order valence-electron chi connectivity index (χ2n) is 6.98. The molecule has 0 aromatic heterocycles. The summed E-state index contributed by atoms with van der Waals surface area (Å²) in [5.74, 6) is 0.971. The van der Waals surface area contributed by atoms with Gasteiger partial charge in [-0.2, -0.15) is 0 Å². The van der Waals surface area contributed by atoms with Crippen LogP contribution in [0.3, 0.4) is 0 Å². The molecule has 1 aromatic carbocycles. The number of rotatable bonds is 13. The van der Waals surface area contributed by atoms with Crippen molar-refractivity contribution in [1.29, 1.82) is 0 Å². The standard InChI is InChI=1S/C22H30F4O/c1-22(25,26)15-11-9-7-5-3-2-4-6-8-10-12-16-27-18-19-13-14-20(23)21(24)17-19/h13-14,17H,2-8,10,12,15-16,18H2,1H3. The zero-order valence-corrected chi connectivity index (χ0v) is 16.1. The Bertz CT molecular complexity index is 584. The molecule has 1 nitrogen and oxygen atoms in total. The maximum absolute atomic E-state index is 13.0. The van der Waals surface area contributed by atoms with E-state index in [1.807, 2.05) is 0 Å². The third kappa shape index (κ3) is 13.3. The molecule has 0 bridgehead atoms. The molecule has 1 aromatic rings. The summed E-state index contributed by atoms with van der Waals surface area (Å²) in [4.78, 5) is 0. The first-order chi connectivity index (χ1) is 12.9. The van der Waals surface area contributed by atoms with E-state index in [1.165, 1.54) is 25.0 Å². The summed E-state index contributed by atoms with van der Waals surface area (Å²) in [6.45, 7) is 1.81. The van der Waals surface area contributed by atoms with Crippen LogP contribution in [-0.4, -0.2) is 12.5 Å². The molecule has 5 heteroatoms. The lowest BCUT2D eigenvalue weighted by molar-refractivity contribution is 0.0278. The Labute approximate surface area is 160 Å². The van der Waals surface area contributed by atoms with E-state index in [4.69, 9.17) is 4.74 Å². The Hall–Kier alpha value is -1.54. The summed E-state index contributed by atoms with van der Waals surface area (Å²) in [6.07, 6.45) is 9.12. The first-order valence-corrected chi connectivity index (χ1v) is 9.74. The molecule has 0 spiro atoms. The molecule has 0 heterocycles. The summed E-state index contributed by atoms with van der Waals surface area (Å²) in [7, 11) is 0. The van der Waals surface area contributed by atoms with Crippen LogP contribution in [0.5, 0.6) is 0 Å². The number of benzene rings is 1. The van der Waals surface area contributed by atoms with Crippen LogP contribution in [0, 0.1) is 23.5 Å². The van der Waals surface area contributed by atoms with Gasteiger partial charge in [0.25, 0.3) is 5.92 Å². The van der Waals surface area contributed by atoms with E-state index in [9.17, 15) is 17.6 Å². The van der Waals surface area contributed by atoms with E-state index in [0.717, 1.165) is 51.5 Å². The first kappa shape index (κ1) is 23.5. The topological polar surface area (TPSA) is 9.23 Å². The molecule has 0 saturated carbocycles. The van der Waals surface area contributed by atoms with Crippen LogP contribution in [0.4, 0.5) is 17.6 Å². The maximum Gasteiger partial charge on any atom is 0.256 e. The van der Waals surface area contributed by atoms with Crippen LogP contribution in [0.25, 0.3) is 0 Å². The predicted octanol–water partition coefficient (Wildman–Crippen LogP) is 7.04. The third-order valence-corrected chi connectivity index (χ3v) is 4.12. The van der Waals surface area contributed by atoms with Gasteiger partial charge in [-0.15, -0.1) is 5.92 Å². The van der Waals surface area contributed by atoms with Gasteiger partial charge in [0.05, 0.1) is 13.0 Å². The monoisotopic (exact) mass is 386 g/mol. The van der Waals surface area contributed by atoms with Crippen LogP contribution in [0.15, 0.2) is 18.2 Å². The van der Waals surface area contributed by atoms with Crippen LogP contribution in [-0.2, 0) is 11.3 Å². The Morgan fingerprint density at radius 2 is 1.48 bits per heavy atom. The molecule has 0 saturated heterocycles. The fraction of sp³-hybridized carbons (Fsp3) is 0.636. The van der Waals surface area contributed by atoms with Crippen molar-refractivity contribution in [2.24, 2.45) is 0 Å². The Kier molecular flexibility index (Phi) is 11.8. The van der Waals surface area contributed by atoms with Gasteiger partial charge in [-0.05, 0) is 30.5 Å². The van der Waals surface area contributed by atoms with E-state index in [-0.39, 0.29) is 6.42 Å². The van der Waals surface area contributed by atoms with Crippen molar-refractivity contribution in [2.75, 3.05) is 6.61 Å². The molecule has 0 fully saturated rings. The molecule has 0 aliphatic carbocycles. The van der Waals surface area contributed by atoms with Crippen LogP contribution in [0.1, 0.15) is 76.7 Å². The molecule has 0 aliphatic heterocycles. The number of unbranched alkanes of at least 4 members (excludes halogenated alkanes) is 8. The summed E-state index contributed by atoms with van der Waals surface area (Å²) >= 11 is 0. The van der Waals surface area contributed by atoms with E-state index < -0.39 is 17.6 Å². The van der Waals surface area contributed by atoms with Crippen molar-refractivity contribution in [3.8, 4) is 11.8 Å². The van der Waals surface area contributed by atoms with Gasteiger partial charge in [0.1, 0.15) is 0 Å². The number of ether oxygens (including phenoxy) is 1. The molecule has 0 unspecified atom stereocenters. The molecule has 0 radical (unpaired) electrons. The van der Waals surface area contributed by atoms with E-state index in [2.05, 4.69) is 11.8 Å². The smallest absolute Gasteiger partial charge is 0.256 e. The fourth-order valence-electron chi connectivity index (χ4n) is 2.60. The molecule has 27 heavy (non-hydrogen) atoms. The van der Waals surface area contributed by atoms with Crippen molar-refractivity contribution >= 4 is 0 Å². The molecular formula is C22H30F4O. The van der Waals surface area contributed by atoms with Gasteiger partial charge in [0, 0.05) is 20.0 Å². The lowest BCUT2D eigenvalue weighted by atomic mass is 10.1. The molecule has 0 N–H and O–H groups in total. The van der Waals surface area contributed by atoms with E-state index in [0.29, 0.717) is 25.2 Å². The molecule has 0 atom stereocenters. The summed E-state index contributed by atoms with van der Waals surface area (Å²) in [5.41, 5.74) is 0.641. The normalized spacial score (nSPS) is 11.3. The highest BCUT2D eigenvalue weighted by Gasteiger charge is 2.18. The van der Waals surface area contributed by atoms with Gasteiger partial charge in [-0.25, -0.2) is 17.6 Å². The number of hydrogen-bond acceptors (Lipinski definition) is 1. The largest absolute Gasteiger partial charge is 0.377 e. The molecule has 0 aliphatic rings. The van der Waals surface area contributed by atoms with Gasteiger partial charge in [-0.3, -0.25) is 0 Å². The molecular weight excluding hydrogens is 356 g/mol. The van der Waals surface area contributed by atoms with Gasteiger partial charge < -0.3 is 4.74 Å². The highest BCUT2D eigenvalue weighted by atomic mass is 19.3. The Balaban J connectivity index is 1.86. The Morgan fingerprint density at radius 3 is 2.11 bits per heavy atom. The van der Waals surface area contributed by atoms with Crippen molar-refractivity contribution in [3.63, 3.8) is 0 Å². The summed E-state index contributed by atoms with van der Waals surface area (Å²) in [5, 5.41) is 0. The molecule has 1 rings (SSSR count). The quantitative estimate of drug-likeness (QED) is 0.201. The average Bonchev–Trinajstić information content (AvgIpc) is 2.60. The SMILES string of the molecule is CC(F)(F)CC#CCCCCCCCCCCOCc1ccc(F)c(F)c1. The minimum atomic E-state index is -2.68. The lowest BCUT2D eigenvalue weighted by Gasteiger charge is -2.05. The predicted molar refractivity (Wildman–Crippen MR) is 101 cm³/mol. The lowest BCUT2D eigenvalue weighted by Crippen LogP contribution is -2.06. The van der Waals surface area contributed by atoms with Crippen LogP contribution < -0.4 is 0 Å². The number of hydrogen-bond donors (Lipinski definition) is 0.